The summed E-state index contributed by atoms with van der Waals surface area (Å²) >= 11 is 0. The first kappa shape index (κ1) is 11.5. The van der Waals surface area contributed by atoms with Crippen LogP contribution < -0.4 is 0 Å². The monoisotopic (exact) mass is 194 g/mol. The molecule has 0 N–H and O–H groups in total. The summed E-state index contributed by atoms with van der Waals surface area (Å²) in [7, 11) is 0. The number of ketones is 1. The minimum Gasteiger partial charge on any atom is -0.299 e. The molecule has 1 rings (SSSR count). The van der Waals surface area contributed by atoms with E-state index >= 15 is 0 Å². The highest BCUT2D eigenvalue weighted by atomic mass is 16.1. The lowest BCUT2D eigenvalue weighted by Crippen LogP contribution is -2.32. The van der Waals surface area contributed by atoms with Crippen molar-refractivity contribution in [3.8, 4) is 0 Å². The van der Waals surface area contributed by atoms with Crippen LogP contribution in [0, 0.1) is 5.41 Å². The maximum atomic E-state index is 11.9. The molecular weight excluding hydrogens is 172 g/mol. The maximum Gasteiger partial charge on any atom is 0.139 e. The van der Waals surface area contributed by atoms with Crippen LogP contribution in [0.2, 0.25) is 0 Å². The van der Waals surface area contributed by atoms with Gasteiger partial charge in [0, 0.05) is 11.8 Å². The minimum absolute atomic E-state index is 0.0155. The van der Waals surface area contributed by atoms with Crippen LogP contribution in [0.3, 0.4) is 0 Å². The van der Waals surface area contributed by atoms with Gasteiger partial charge in [0.2, 0.25) is 0 Å². The zero-order valence-electron chi connectivity index (χ0n) is 9.94. The van der Waals surface area contributed by atoms with Gasteiger partial charge in [-0.2, -0.15) is 0 Å². The van der Waals surface area contributed by atoms with E-state index in [2.05, 4.69) is 20.8 Å². The first-order valence-electron chi connectivity index (χ1n) is 5.74. The molecule has 0 amide bonds. The standard InChI is InChI=1S/C13H22O/c1-5-12(14)13(6-2)8-7-10(3)11(4)9-13/h5-9H2,1-4H3. The normalized spacial score (nSPS) is 28.0. The van der Waals surface area contributed by atoms with Crippen molar-refractivity contribution in [1.29, 1.82) is 0 Å². The molecule has 0 aromatic rings. The van der Waals surface area contributed by atoms with Crippen LogP contribution in [-0.2, 0) is 4.79 Å². The molecule has 1 heteroatoms. The molecule has 0 spiro atoms. The second-order valence-electron chi connectivity index (χ2n) is 4.65. The molecule has 1 aliphatic rings. The predicted molar refractivity (Wildman–Crippen MR) is 60.2 cm³/mol. The van der Waals surface area contributed by atoms with E-state index in [4.69, 9.17) is 0 Å². The molecule has 0 radical (unpaired) electrons. The molecule has 1 nitrogen and oxygen atoms in total. The van der Waals surface area contributed by atoms with E-state index in [-0.39, 0.29) is 5.41 Å². The van der Waals surface area contributed by atoms with Crippen molar-refractivity contribution in [2.45, 2.75) is 59.8 Å². The molecule has 0 heterocycles. The third-order valence-corrected chi connectivity index (χ3v) is 3.90. The van der Waals surface area contributed by atoms with Crippen molar-refractivity contribution in [3.63, 3.8) is 0 Å². The third kappa shape index (κ3) is 1.92. The molecule has 0 aromatic heterocycles. The number of hydrogen-bond acceptors (Lipinski definition) is 1. The molecule has 0 saturated heterocycles. The van der Waals surface area contributed by atoms with Gasteiger partial charge in [-0.15, -0.1) is 0 Å². The van der Waals surface area contributed by atoms with Crippen molar-refractivity contribution in [2.24, 2.45) is 5.41 Å². The first-order valence-corrected chi connectivity index (χ1v) is 5.74. The van der Waals surface area contributed by atoms with Crippen LogP contribution in [0.25, 0.3) is 0 Å². The summed E-state index contributed by atoms with van der Waals surface area (Å²) in [6, 6.07) is 0. The van der Waals surface area contributed by atoms with Crippen LogP contribution in [-0.4, -0.2) is 5.78 Å². The van der Waals surface area contributed by atoms with Crippen LogP contribution in [0.1, 0.15) is 59.8 Å². The highest BCUT2D eigenvalue weighted by molar-refractivity contribution is 5.85. The van der Waals surface area contributed by atoms with Crippen molar-refractivity contribution >= 4 is 5.78 Å². The SMILES string of the molecule is CCC(=O)C1(CC)CCC(C)=C(C)C1. The average Bonchev–Trinajstić information content (AvgIpc) is 2.21. The van der Waals surface area contributed by atoms with E-state index in [0.717, 1.165) is 25.7 Å². The molecule has 1 aliphatic carbocycles. The van der Waals surface area contributed by atoms with Gasteiger partial charge >= 0.3 is 0 Å². The fraction of sp³-hybridized carbons (Fsp3) is 0.769. The number of carbonyl (C=O) groups is 1. The Bertz CT molecular complexity index is 262. The van der Waals surface area contributed by atoms with Crippen molar-refractivity contribution in [1.82, 2.24) is 0 Å². The predicted octanol–water partition coefficient (Wildman–Crippen LogP) is 3.88. The van der Waals surface area contributed by atoms with E-state index < -0.39 is 0 Å². The van der Waals surface area contributed by atoms with Crippen LogP contribution in [0.15, 0.2) is 11.1 Å². The second kappa shape index (κ2) is 4.29. The van der Waals surface area contributed by atoms with Gasteiger partial charge < -0.3 is 0 Å². The summed E-state index contributed by atoms with van der Waals surface area (Å²) in [5.74, 6) is 0.465. The molecule has 0 saturated carbocycles. The van der Waals surface area contributed by atoms with Gasteiger partial charge in [0.25, 0.3) is 0 Å². The summed E-state index contributed by atoms with van der Waals surface area (Å²) in [4.78, 5) is 11.9. The number of rotatable bonds is 3. The zero-order chi connectivity index (χ0) is 10.8. The molecule has 0 aromatic carbocycles. The van der Waals surface area contributed by atoms with E-state index in [1.807, 2.05) is 6.92 Å². The number of allylic oxidation sites excluding steroid dienone is 2. The van der Waals surface area contributed by atoms with Gasteiger partial charge in [0.15, 0.2) is 0 Å². The largest absolute Gasteiger partial charge is 0.299 e. The lowest BCUT2D eigenvalue weighted by Gasteiger charge is -2.36. The van der Waals surface area contributed by atoms with Gasteiger partial charge in [0.1, 0.15) is 5.78 Å². The summed E-state index contributed by atoms with van der Waals surface area (Å²) in [6.07, 6.45) is 4.89. The first-order chi connectivity index (χ1) is 6.55. The van der Waals surface area contributed by atoms with E-state index in [1.54, 1.807) is 0 Å². The maximum absolute atomic E-state index is 11.9. The second-order valence-corrected chi connectivity index (χ2v) is 4.65. The molecular formula is C13H22O. The zero-order valence-corrected chi connectivity index (χ0v) is 9.94. The van der Waals surface area contributed by atoms with Gasteiger partial charge in [-0.3, -0.25) is 4.79 Å². The van der Waals surface area contributed by atoms with Gasteiger partial charge in [-0.1, -0.05) is 25.0 Å². The molecule has 1 atom stereocenters. The summed E-state index contributed by atoms with van der Waals surface area (Å²) in [5.41, 5.74) is 2.93. The van der Waals surface area contributed by atoms with Gasteiger partial charge in [0.05, 0.1) is 0 Å². The summed E-state index contributed by atoms with van der Waals surface area (Å²) in [5, 5.41) is 0. The molecule has 80 valence electrons. The fourth-order valence-electron chi connectivity index (χ4n) is 2.50. The fourth-order valence-corrected chi connectivity index (χ4v) is 2.50. The Kier molecular flexibility index (Phi) is 3.52. The van der Waals surface area contributed by atoms with E-state index in [9.17, 15) is 4.79 Å². The highest BCUT2D eigenvalue weighted by Gasteiger charge is 2.37. The lowest BCUT2D eigenvalue weighted by atomic mass is 9.67. The lowest BCUT2D eigenvalue weighted by molar-refractivity contribution is -0.129. The van der Waals surface area contributed by atoms with Gasteiger partial charge in [-0.25, -0.2) is 0 Å². The van der Waals surface area contributed by atoms with Gasteiger partial charge in [-0.05, 0) is 39.5 Å². The summed E-state index contributed by atoms with van der Waals surface area (Å²) < 4.78 is 0. The smallest absolute Gasteiger partial charge is 0.139 e. The van der Waals surface area contributed by atoms with E-state index in [1.165, 1.54) is 11.1 Å². The minimum atomic E-state index is -0.0155. The van der Waals surface area contributed by atoms with E-state index in [0.29, 0.717) is 12.2 Å². The van der Waals surface area contributed by atoms with Crippen molar-refractivity contribution in [2.75, 3.05) is 0 Å². The van der Waals surface area contributed by atoms with Crippen LogP contribution >= 0.6 is 0 Å². The third-order valence-electron chi connectivity index (χ3n) is 3.90. The van der Waals surface area contributed by atoms with Crippen molar-refractivity contribution < 1.29 is 4.79 Å². The molecule has 14 heavy (non-hydrogen) atoms. The van der Waals surface area contributed by atoms with Crippen LogP contribution in [0.4, 0.5) is 0 Å². The Morgan fingerprint density at radius 3 is 2.36 bits per heavy atom. The number of hydrogen-bond donors (Lipinski definition) is 0. The number of carbonyl (C=O) groups excluding carboxylic acids is 1. The number of Topliss-reactive ketones (excluding diaryl/α,β-unsaturated/α-hetero) is 1. The Labute approximate surface area is 87.6 Å². The van der Waals surface area contributed by atoms with Crippen molar-refractivity contribution in [3.05, 3.63) is 11.1 Å². The molecule has 0 aliphatic heterocycles. The molecule has 0 fully saturated rings. The topological polar surface area (TPSA) is 17.1 Å². The quantitative estimate of drug-likeness (QED) is 0.623. The Morgan fingerprint density at radius 1 is 1.29 bits per heavy atom. The molecule has 1 unspecified atom stereocenters. The highest BCUT2D eigenvalue weighted by Crippen LogP contribution is 2.43. The van der Waals surface area contributed by atoms with Crippen LogP contribution in [0.5, 0.6) is 0 Å². The molecule has 0 bridgehead atoms. The Morgan fingerprint density at radius 2 is 1.93 bits per heavy atom. The average molecular weight is 194 g/mol. The Hall–Kier alpha value is -0.590. The Balaban J connectivity index is 2.90. The summed E-state index contributed by atoms with van der Waals surface area (Å²) in [6.45, 7) is 8.52.